The van der Waals surface area contributed by atoms with Crippen LogP contribution in [0, 0.1) is 74.5 Å². The normalized spacial score (nSPS) is 33.9. The third-order valence-corrected chi connectivity index (χ3v) is 26.8. The number of hydrogen-bond acceptors (Lipinski definition) is 36. The van der Waals surface area contributed by atoms with Crippen molar-refractivity contribution in [1.82, 2.24) is 38.2 Å². The first-order valence-electron chi connectivity index (χ1n) is 39.8. The molecule has 0 spiro atoms. The molecular weight excluding hydrogens is 1960 g/mol. The first-order valence-corrected chi connectivity index (χ1v) is 45.8. The molecule has 0 bridgehead atoms. The van der Waals surface area contributed by atoms with Gasteiger partial charge in [-0.1, -0.05) is 117 Å². The van der Waals surface area contributed by atoms with Gasteiger partial charge in [0.2, 0.25) is 0 Å². The number of aromatic nitrogens is 8. The zero-order valence-corrected chi connectivity index (χ0v) is 76.4. The lowest BCUT2D eigenvalue weighted by molar-refractivity contribution is -0.205. The standard InChI is InChI=1S/4C18H19ClFN2O8PS/c4*1-8-3-9(2)13-10(4-8)6-27-31(26,30-13)28-7-18(20)14(24)12(23)16(29-18)22-5-11(19)15(25)21-17(22)32/h4*3-5,12,14,16,23-24H,6-7H2,1-2H3,(H,21,25,32)/t4*12-,14+,16-,18-,31?/m1111/s1/i7D2,16D;16D;7D2;. The minimum absolute atomic E-state index is 0.0887. The number of aryl methyl sites for hydroxylation is 8. The third-order valence-electron chi connectivity index (χ3n) is 19.5. The summed E-state index contributed by atoms with van der Waals surface area (Å²) in [6.07, 6.45) is -24.0. The first-order chi connectivity index (χ1) is 61.9. The maximum absolute atomic E-state index is 15.9. The zero-order chi connectivity index (χ0) is 99.1. The highest BCUT2D eigenvalue weighted by molar-refractivity contribution is 7.71. The monoisotopic (exact) mass is 2040 g/mol. The molecule has 16 rings (SSSR count). The second-order valence-corrected chi connectivity index (χ2v) is 38.8. The van der Waals surface area contributed by atoms with E-state index in [9.17, 15) is 78.3 Å². The van der Waals surface area contributed by atoms with Crippen LogP contribution in [0.3, 0.4) is 0 Å². The topological polar surface area (TPSA) is 529 Å². The molecule has 0 amide bonds. The Morgan fingerprint density at radius 1 is 0.398 bits per heavy atom. The molecule has 0 saturated carbocycles. The van der Waals surface area contributed by atoms with Gasteiger partial charge in [0.1, 0.15) is 118 Å². The number of phosphoric acid groups is 4. The van der Waals surface area contributed by atoms with E-state index in [0.29, 0.717) is 59.4 Å². The van der Waals surface area contributed by atoms with Crippen molar-refractivity contribution in [2.45, 2.75) is 179 Å². The Hall–Kier alpha value is -6.52. The Balaban J connectivity index is 0.000000152. The number of fused-ring (bicyclic) bond motifs is 4. The lowest BCUT2D eigenvalue weighted by atomic mass is 10.1. The van der Waals surface area contributed by atoms with E-state index in [0.717, 1.165) is 56.2 Å². The van der Waals surface area contributed by atoms with Crippen molar-refractivity contribution in [1.29, 1.82) is 0 Å². The Morgan fingerprint density at radius 2 is 0.633 bits per heavy atom. The summed E-state index contributed by atoms with van der Waals surface area (Å²) < 4.78 is 247. The van der Waals surface area contributed by atoms with E-state index in [1.54, 1.807) is 70.2 Å². The second kappa shape index (κ2) is 37.7. The van der Waals surface area contributed by atoms with Crippen LogP contribution in [0.2, 0.25) is 20.1 Å². The number of alkyl halides is 4. The summed E-state index contributed by atoms with van der Waals surface area (Å²) in [4.78, 5) is 55.0. The van der Waals surface area contributed by atoms with Gasteiger partial charge in [-0.25, -0.2) is 35.8 Å². The Morgan fingerprint density at radius 3 is 0.945 bits per heavy atom. The summed E-state index contributed by atoms with van der Waals surface area (Å²) in [7, 11) is -18.2. The first kappa shape index (κ1) is 90.6. The van der Waals surface area contributed by atoms with Gasteiger partial charge >= 0.3 is 31.3 Å². The van der Waals surface area contributed by atoms with Crippen molar-refractivity contribution >= 4 is 127 Å². The molecule has 4 unspecified atom stereocenters. The molecule has 4 fully saturated rings. The summed E-state index contributed by atoms with van der Waals surface area (Å²) in [6, 6.07) is 14.0. The Labute approximate surface area is 767 Å². The number of aliphatic hydroxyl groups excluding tert-OH is 8. The van der Waals surface area contributed by atoms with Crippen molar-refractivity contribution in [3.05, 3.63) is 221 Å². The molecule has 8 aliphatic rings. The summed E-state index contributed by atoms with van der Waals surface area (Å²) in [5, 5.41) is 81.2. The molecule has 12 heterocycles. The summed E-state index contributed by atoms with van der Waals surface area (Å²) >= 11 is 42.7. The molecule has 56 heteroatoms. The van der Waals surface area contributed by atoms with E-state index in [1.165, 1.54) is 0 Å². The van der Waals surface area contributed by atoms with Crippen molar-refractivity contribution in [2.75, 3.05) is 26.3 Å². The maximum atomic E-state index is 15.9. The number of halogens is 8. The molecule has 0 aliphatic carbocycles. The number of hydrogen-bond donors (Lipinski definition) is 12. The van der Waals surface area contributed by atoms with Crippen LogP contribution in [-0.2, 0) is 99.8 Å². The molecule has 696 valence electrons. The van der Waals surface area contributed by atoms with Gasteiger partial charge in [0, 0.05) is 47.0 Å². The van der Waals surface area contributed by atoms with E-state index in [2.05, 4.69) is 19.9 Å². The minimum Gasteiger partial charge on any atom is -0.403 e. The van der Waals surface area contributed by atoms with Crippen LogP contribution < -0.4 is 40.3 Å². The minimum atomic E-state index is -4.83. The van der Waals surface area contributed by atoms with Crippen LogP contribution in [0.5, 0.6) is 23.0 Å². The highest BCUT2D eigenvalue weighted by Crippen LogP contribution is 2.61. The third kappa shape index (κ3) is 20.6. The maximum Gasteiger partial charge on any atom is 0.530 e. The SMILES string of the molecule is Cc1cc(C)c2c(c1)COP(=O)(OC[C@@]1(F)O[C@@H](n3cc(Cl)c(=O)[nH]c3=S)[C@H](O)[C@@H]1O)O2.[2H]C([2H])(OP1(=O)OCc2cc(C)cc(C)c2O1)[C@@]1(F)O[C@@H](n2cc(Cl)c(=O)[nH]c2=S)[C@H](O)[C@@H]1O.[2H]C([2H])(OP1(=O)OCc2cc(C)cc(C)c2O1)[C@@]1(F)O[C@@]([2H])(n2cc(Cl)c(=O)[nH]c2=S)[C@H](O)[C@@H]1O.[2H][C@@]1(n2cc(Cl)c(=O)[nH]c2=S)O[C@](F)(COP2(=O)OCc3cc(C)cc(C)c3O2)[C@@H](O)[C@H]1O. The predicted molar refractivity (Wildman–Crippen MR) is 447 cm³/mol. The van der Waals surface area contributed by atoms with Crippen LogP contribution in [0.25, 0.3) is 0 Å². The van der Waals surface area contributed by atoms with E-state index >= 15 is 17.6 Å². The molecule has 8 aliphatic heterocycles. The summed E-state index contributed by atoms with van der Waals surface area (Å²) in [5.41, 5.74) is 5.29. The fourth-order valence-electron chi connectivity index (χ4n) is 13.5. The average Bonchev–Trinajstić information content (AvgIpc) is 1.55. The van der Waals surface area contributed by atoms with Crippen molar-refractivity contribution < 1.29 is 158 Å². The lowest BCUT2D eigenvalue weighted by Gasteiger charge is -2.29. The molecule has 20 atom stereocenters. The van der Waals surface area contributed by atoms with E-state index < -0.39 is 202 Å². The van der Waals surface area contributed by atoms with Gasteiger partial charge in [0.05, 0.1) is 34.7 Å². The molecule has 0 radical (unpaired) electrons. The van der Waals surface area contributed by atoms with Crippen LogP contribution in [0.15, 0.2) is 92.5 Å². The number of rotatable bonds is 16. The highest BCUT2D eigenvalue weighted by Gasteiger charge is 2.62. The number of nitrogens with one attached hydrogen (secondary N) is 4. The number of aliphatic hydroxyl groups is 8. The van der Waals surface area contributed by atoms with Gasteiger partial charge in [0.25, 0.3) is 45.7 Å². The molecule has 40 nitrogen and oxygen atoms in total. The summed E-state index contributed by atoms with van der Waals surface area (Å²) in [5.74, 6) is -13.2. The Bertz CT molecular complexity index is 6810. The number of aromatic amines is 4. The van der Waals surface area contributed by atoms with Gasteiger partial charge < -0.3 is 77.9 Å². The lowest BCUT2D eigenvalue weighted by Crippen LogP contribution is -2.43. The molecule has 128 heavy (non-hydrogen) atoms. The fraction of sp³-hybridized carbons (Fsp3) is 0.444. The van der Waals surface area contributed by atoms with Crippen molar-refractivity contribution in [3.63, 3.8) is 0 Å². The Kier molecular flexibility index (Phi) is 26.7. The second-order valence-electron chi connectivity index (χ2n) is 29.4. The molecule has 12 N–H and O–H groups in total. The zero-order valence-electron chi connectivity index (χ0n) is 72.6. The van der Waals surface area contributed by atoms with Crippen LogP contribution in [0.4, 0.5) is 17.6 Å². The van der Waals surface area contributed by atoms with Crippen molar-refractivity contribution in [3.8, 4) is 23.0 Å². The van der Waals surface area contributed by atoms with Crippen LogP contribution >= 0.6 is 127 Å². The van der Waals surface area contributed by atoms with Crippen LogP contribution in [0.1, 0.15) is 99.8 Å². The van der Waals surface area contributed by atoms with Crippen LogP contribution in [-0.4, -0.2) is 178 Å². The van der Waals surface area contributed by atoms with Gasteiger partial charge in [-0.3, -0.25) is 93.6 Å². The number of nitrogens with zero attached hydrogens (tertiary/aromatic N) is 4. The van der Waals surface area contributed by atoms with E-state index in [4.69, 9.17) is 177 Å². The van der Waals surface area contributed by atoms with Gasteiger partial charge in [0.15, 0.2) is 43.9 Å². The highest BCUT2D eigenvalue weighted by atomic mass is 35.5. The molecule has 4 saturated heterocycles. The molecular formula is C72H76Cl4F4N8O32P4S4. The molecule has 4 aromatic carbocycles. The van der Waals surface area contributed by atoms with Gasteiger partial charge in [-0.15, -0.1) is 0 Å². The average molecular weight is 2040 g/mol. The molecule has 8 aromatic rings. The number of ether oxygens (including phenoxy) is 4. The number of phosphoric ester groups is 4. The predicted octanol–water partition coefficient (Wildman–Crippen LogP) is 11.3. The summed E-state index contributed by atoms with van der Waals surface area (Å²) in [6.45, 7) is 3.56. The quantitative estimate of drug-likeness (QED) is 0.0243. The van der Waals surface area contributed by atoms with Crippen molar-refractivity contribution in [2.24, 2.45) is 0 Å². The van der Waals surface area contributed by atoms with Gasteiger partial charge in [-0.05, 0) is 127 Å². The molecule has 4 aromatic heterocycles. The fourth-order valence-corrected chi connectivity index (χ4v) is 20.0. The van der Waals surface area contributed by atoms with E-state index in [1.807, 2.05) is 33.8 Å². The largest absolute Gasteiger partial charge is 0.530 e. The number of benzene rings is 4. The smallest absolute Gasteiger partial charge is 0.403 e. The number of H-pyrrole nitrogens is 4. The van der Waals surface area contributed by atoms with Gasteiger partial charge in [-0.2, -0.15) is 0 Å². The van der Waals surface area contributed by atoms with E-state index in [-0.39, 0.29) is 58.2 Å².